The van der Waals surface area contributed by atoms with Gasteiger partial charge in [-0.15, -0.1) is 0 Å². The van der Waals surface area contributed by atoms with Crippen molar-refractivity contribution >= 4 is 11.9 Å². The highest BCUT2D eigenvalue weighted by Crippen LogP contribution is 2.44. The van der Waals surface area contributed by atoms with E-state index in [9.17, 15) is 19.8 Å². The number of carbonyl (C=O) groups excluding carboxylic acids is 2. The van der Waals surface area contributed by atoms with E-state index in [4.69, 9.17) is 18.9 Å². The van der Waals surface area contributed by atoms with Gasteiger partial charge in [0.1, 0.15) is 23.9 Å². The topological polar surface area (TPSA) is 139 Å². The summed E-state index contributed by atoms with van der Waals surface area (Å²) in [5.74, 6) is -1.20. The molecule has 0 spiro atoms. The molecule has 0 aromatic heterocycles. The lowest BCUT2D eigenvalue weighted by atomic mass is 9.78. The first kappa shape index (κ1) is 42.5. The molecule has 3 heterocycles. The van der Waals surface area contributed by atoms with Gasteiger partial charge in [-0.1, -0.05) is 106 Å². The number of methoxy groups -OCH3 is 1. The Balaban J connectivity index is 1.49. The smallest absolute Gasteiger partial charge is 0.309 e. The molecular formula is C45H62N2O8. The zero-order chi connectivity index (χ0) is 39.9. The molecule has 55 heavy (non-hydrogen) atoms. The number of benzene rings is 2. The Morgan fingerprint density at radius 1 is 1.04 bits per heavy atom. The fraction of sp³-hybridized carbons (Fsp3) is 0.556. The molecule has 0 bridgehead atoms. The van der Waals surface area contributed by atoms with Crippen molar-refractivity contribution in [2.24, 2.45) is 11.8 Å². The lowest BCUT2D eigenvalue weighted by Gasteiger charge is -2.49. The van der Waals surface area contributed by atoms with Crippen LogP contribution in [0.15, 0.2) is 96.6 Å². The van der Waals surface area contributed by atoms with Crippen molar-refractivity contribution in [3.8, 4) is 0 Å². The normalized spacial score (nSPS) is 35.9. The summed E-state index contributed by atoms with van der Waals surface area (Å²) in [7, 11) is 1.76. The number of nitrogens with one attached hydrogen (secondary N) is 2. The van der Waals surface area contributed by atoms with E-state index < -0.39 is 41.4 Å². The number of aliphatic hydroxyl groups is 2. The van der Waals surface area contributed by atoms with Crippen molar-refractivity contribution in [1.29, 1.82) is 0 Å². The average Bonchev–Trinajstić information content (AvgIpc) is 3.95. The zero-order valence-electron chi connectivity index (χ0n) is 33.7. The van der Waals surface area contributed by atoms with Crippen molar-refractivity contribution in [2.45, 2.75) is 140 Å². The number of aliphatic hydroxyl groups excluding tert-OH is 1. The number of ether oxygens (including phenoxy) is 4. The first-order valence-electron chi connectivity index (χ1n) is 19.8. The van der Waals surface area contributed by atoms with Crippen LogP contribution in [0.2, 0.25) is 0 Å². The first-order chi connectivity index (χ1) is 26.2. The first-order valence-corrected chi connectivity index (χ1v) is 19.8. The summed E-state index contributed by atoms with van der Waals surface area (Å²) in [6, 6.07) is 20.8. The van der Waals surface area contributed by atoms with Crippen LogP contribution in [0.5, 0.6) is 0 Å². The molecule has 10 heteroatoms. The van der Waals surface area contributed by atoms with Crippen LogP contribution in [0, 0.1) is 11.8 Å². The maximum Gasteiger partial charge on any atom is 0.309 e. The van der Waals surface area contributed by atoms with Gasteiger partial charge in [0.15, 0.2) is 0 Å². The van der Waals surface area contributed by atoms with E-state index in [1.54, 1.807) is 20.1 Å². The van der Waals surface area contributed by atoms with Crippen LogP contribution in [-0.2, 0) is 28.5 Å². The quantitative estimate of drug-likeness (QED) is 0.0876. The molecule has 10 nitrogen and oxygen atoms in total. The molecule has 2 aromatic carbocycles. The van der Waals surface area contributed by atoms with E-state index in [2.05, 4.69) is 86.0 Å². The van der Waals surface area contributed by atoms with Gasteiger partial charge in [-0.2, -0.15) is 0 Å². The second-order valence-electron chi connectivity index (χ2n) is 16.2. The molecule has 0 saturated carbocycles. The number of allylic oxidation sites excluding steroid dienone is 2. The third-order valence-corrected chi connectivity index (χ3v) is 11.7. The summed E-state index contributed by atoms with van der Waals surface area (Å²) in [6.07, 6.45) is 7.94. The number of carbonyl (C=O) groups is 2. The van der Waals surface area contributed by atoms with Crippen molar-refractivity contribution in [2.75, 3.05) is 7.11 Å². The van der Waals surface area contributed by atoms with Gasteiger partial charge in [0.25, 0.3) is 0 Å². The SMILES string of the molecule is CC[C@H](OC)[C@@H](C)[C@H]1O[C@@H]1C1NC(c2ccccc2)C(c2ccccc2)NC1(C)C=CC=C(C)C1OC(=O)C[C@H](O)CC[C@@](C)(O)[C@@H](OC(C)=O)C=C[C@@H]1C. The largest absolute Gasteiger partial charge is 0.457 e. The highest BCUT2D eigenvalue weighted by Gasteiger charge is 2.57. The number of epoxide rings is 1. The van der Waals surface area contributed by atoms with Gasteiger partial charge in [0.05, 0.1) is 48.4 Å². The molecule has 2 fully saturated rings. The summed E-state index contributed by atoms with van der Waals surface area (Å²) in [4.78, 5) is 25.1. The molecule has 3 aliphatic rings. The molecular weight excluding hydrogens is 697 g/mol. The summed E-state index contributed by atoms with van der Waals surface area (Å²) in [5, 5.41) is 30.0. The van der Waals surface area contributed by atoms with E-state index in [1.807, 2.05) is 44.2 Å². The summed E-state index contributed by atoms with van der Waals surface area (Å²) in [6.45, 7) is 13.2. The van der Waals surface area contributed by atoms with Gasteiger partial charge in [0, 0.05) is 25.9 Å². The maximum absolute atomic E-state index is 13.1. The lowest BCUT2D eigenvalue weighted by molar-refractivity contribution is -0.157. The Hall–Kier alpha value is -3.64. The van der Waals surface area contributed by atoms with E-state index in [0.717, 1.165) is 17.6 Å². The van der Waals surface area contributed by atoms with Crippen LogP contribution >= 0.6 is 0 Å². The molecule has 13 atom stereocenters. The Kier molecular flexibility index (Phi) is 14.3. The number of hydrogen-bond acceptors (Lipinski definition) is 10. The molecule has 5 rings (SSSR count). The standard InChI is InChI=1S/C45H62N2O8/c1-9-35(52-8)30(4)41-42(55-41)43-44(6,47-39(33-20-14-11-15-21-33)38(46-43)32-18-12-10-13-19-32)25-16-17-28(2)40-29(3)22-23-36(53-31(5)48)45(7,51)26-24-34(49)27-37(50)54-40/h10-23,25,29-30,34-36,38-43,46-47,49,51H,9,24,26-27H2,1-8H3/t29-,30+,34+,35-,36-,38?,39?,40?,41+,42-,43?,44?,45+/m0/s1. The molecule has 0 aliphatic carbocycles. The van der Waals surface area contributed by atoms with Gasteiger partial charge >= 0.3 is 11.9 Å². The number of piperazine rings is 1. The maximum atomic E-state index is 13.1. The van der Waals surface area contributed by atoms with Crippen LogP contribution in [0.1, 0.15) is 97.4 Å². The van der Waals surface area contributed by atoms with Crippen molar-refractivity contribution in [3.63, 3.8) is 0 Å². The van der Waals surface area contributed by atoms with Crippen LogP contribution < -0.4 is 10.6 Å². The number of hydrogen-bond donors (Lipinski definition) is 4. The molecule has 0 radical (unpaired) electrons. The summed E-state index contributed by atoms with van der Waals surface area (Å²) in [5.41, 5.74) is 1.10. The second kappa shape index (κ2) is 18.5. The molecule has 300 valence electrons. The van der Waals surface area contributed by atoms with Gasteiger partial charge in [-0.3, -0.25) is 14.9 Å². The lowest BCUT2D eigenvalue weighted by Crippen LogP contribution is -2.67. The Morgan fingerprint density at radius 2 is 1.67 bits per heavy atom. The summed E-state index contributed by atoms with van der Waals surface area (Å²) >= 11 is 0. The van der Waals surface area contributed by atoms with E-state index in [0.29, 0.717) is 0 Å². The molecule has 0 amide bonds. The highest BCUT2D eigenvalue weighted by atomic mass is 16.6. The summed E-state index contributed by atoms with van der Waals surface area (Å²) < 4.78 is 23.9. The molecule has 4 N–H and O–H groups in total. The van der Waals surface area contributed by atoms with Crippen molar-refractivity contribution in [1.82, 2.24) is 10.6 Å². The minimum Gasteiger partial charge on any atom is -0.457 e. The fourth-order valence-corrected chi connectivity index (χ4v) is 8.36. The molecule has 2 aromatic rings. The molecule has 5 unspecified atom stereocenters. The average molecular weight is 759 g/mol. The number of esters is 2. The van der Waals surface area contributed by atoms with Crippen molar-refractivity contribution in [3.05, 3.63) is 108 Å². The van der Waals surface area contributed by atoms with Crippen LogP contribution in [0.25, 0.3) is 0 Å². The minimum absolute atomic E-state index is 0.0223. The van der Waals surface area contributed by atoms with Crippen LogP contribution in [-0.4, -0.2) is 83.1 Å². The van der Waals surface area contributed by atoms with Crippen LogP contribution in [0.4, 0.5) is 0 Å². The molecule has 3 aliphatic heterocycles. The third-order valence-electron chi connectivity index (χ3n) is 11.7. The number of cyclic esters (lactones) is 1. The van der Waals surface area contributed by atoms with Gasteiger partial charge < -0.3 is 34.5 Å². The van der Waals surface area contributed by atoms with Crippen LogP contribution in [0.3, 0.4) is 0 Å². The van der Waals surface area contributed by atoms with E-state index in [-0.39, 0.29) is 67.5 Å². The third kappa shape index (κ3) is 10.6. The predicted molar refractivity (Wildman–Crippen MR) is 213 cm³/mol. The van der Waals surface area contributed by atoms with Crippen molar-refractivity contribution < 1.29 is 38.7 Å². The second-order valence-corrected chi connectivity index (χ2v) is 16.2. The molecule has 2 saturated heterocycles. The highest BCUT2D eigenvalue weighted by molar-refractivity contribution is 5.70. The van der Waals surface area contributed by atoms with E-state index in [1.165, 1.54) is 12.5 Å². The van der Waals surface area contributed by atoms with Gasteiger partial charge in [-0.05, 0) is 62.8 Å². The Bertz CT molecular complexity index is 1660. The van der Waals surface area contributed by atoms with Gasteiger partial charge in [0.2, 0.25) is 0 Å². The predicted octanol–water partition coefficient (Wildman–Crippen LogP) is 6.45. The monoisotopic (exact) mass is 758 g/mol. The fourth-order valence-electron chi connectivity index (χ4n) is 8.36. The van der Waals surface area contributed by atoms with Gasteiger partial charge in [-0.25, -0.2) is 0 Å². The van der Waals surface area contributed by atoms with E-state index >= 15 is 0 Å². The minimum atomic E-state index is -1.44. The zero-order valence-corrected chi connectivity index (χ0v) is 33.7. The number of rotatable bonds is 11. The Morgan fingerprint density at radius 3 is 2.27 bits per heavy atom. The Labute approximate surface area is 327 Å².